The highest BCUT2D eigenvalue weighted by Crippen LogP contribution is 2.39. The first-order valence-corrected chi connectivity index (χ1v) is 7.29. The minimum absolute atomic E-state index is 0.0374. The van der Waals surface area contributed by atoms with Gasteiger partial charge in [0.05, 0.1) is 35.7 Å². The maximum absolute atomic E-state index is 12.7. The Labute approximate surface area is 140 Å². The maximum Gasteiger partial charge on any atom is 0.356 e. The van der Waals surface area contributed by atoms with Gasteiger partial charge in [0.25, 0.3) is 5.91 Å². The Bertz CT molecular complexity index is 764. The van der Waals surface area contributed by atoms with Crippen molar-refractivity contribution in [2.75, 3.05) is 12.0 Å². The molecule has 2 aliphatic heterocycles. The van der Waals surface area contributed by atoms with Crippen LogP contribution in [0.2, 0.25) is 10.0 Å². The van der Waals surface area contributed by atoms with E-state index in [0.29, 0.717) is 5.02 Å². The lowest BCUT2D eigenvalue weighted by atomic mass is 9.95. The minimum atomic E-state index is -1.51. The largest absolute Gasteiger partial charge is 0.464 e. The quantitative estimate of drug-likeness (QED) is 0.597. The number of esters is 1. The Kier molecular flexibility index (Phi) is 3.77. The summed E-state index contributed by atoms with van der Waals surface area (Å²) in [6, 6.07) is 4.40. The zero-order chi connectivity index (χ0) is 16.8. The van der Waals surface area contributed by atoms with E-state index in [0.717, 1.165) is 4.90 Å². The van der Waals surface area contributed by atoms with E-state index in [-0.39, 0.29) is 29.3 Å². The molecule has 0 aliphatic carbocycles. The van der Waals surface area contributed by atoms with E-state index in [1.54, 1.807) is 0 Å². The van der Waals surface area contributed by atoms with Gasteiger partial charge >= 0.3 is 5.97 Å². The molecule has 1 aromatic rings. The molecule has 3 rings (SSSR count). The molecule has 120 valence electrons. The van der Waals surface area contributed by atoms with E-state index >= 15 is 0 Å². The lowest BCUT2D eigenvalue weighted by Gasteiger charge is -2.19. The van der Waals surface area contributed by atoms with Crippen LogP contribution in [0.4, 0.5) is 5.69 Å². The number of rotatable bonds is 2. The Balaban J connectivity index is 1.89. The Morgan fingerprint density at radius 1 is 1.30 bits per heavy atom. The summed E-state index contributed by atoms with van der Waals surface area (Å²) in [5, 5.41) is 4.10. The summed E-state index contributed by atoms with van der Waals surface area (Å²) in [4.78, 5) is 42.5. The smallest absolute Gasteiger partial charge is 0.356 e. The number of amides is 2. The van der Waals surface area contributed by atoms with Gasteiger partial charge in [0.2, 0.25) is 11.5 Å². The summed E-state index contributed by atoms with van der Waals surface area (Å²) in [6.45, 7) is 0. The summed E-state index contributed by atoms with van der Waals surface area (Å²) in [7, 11) is 1.19. The van der Waals surface area contributed by atoms with Gasteiger partial charge in [-0.15, -0.1) is 0 Å². The first-order chi connectivity index (χ1) is 10.9. The molecular weight excluding hydrogens is 347 g/mol. The van der Waals surface area contributed by atoms with E-state index in [1.807, 2.05) is 0 Å². The van der Waals surface area contributed by atoms with Gasteiger partial charge in [-0.1, -0.05) is 28.4 Å². The molecule has 1 fully saturated rings. The fourth-order valence-corrected chi connectivity index (χ4v) is 2.81. The molecular formula is C14H10Cl2N2O5. The number of carbonyl (C=O) groups is 3. The summed E-state index contributed by atoms with van der Waals surface area (Å²) in [5.41, 5.74) is -1.27. The molecule has 1 aromatic carbocycles. The van der Waals surface area contributed by atoms with Crippen LogP contribution in [0.5, 0.6) is 0 Å². The molecule has 0 unspecified atom stereocenters. The summed E-state index contributed by atoms with van der Waals surface area (Å²) in [6.07, 6.45) is -0.349. The van der Waals surface area contributed by atoms with Gasteiger partial charge < -0.3 is 9.57 Å². The molecule has 1 spiro atoms. The van der Waals surface area contributed by atoms with Gasteiger partial charge in [-0.2, -0.15) is 0 Å². The third kappa shape index (κ3) is 2.46. The molecule has 23 heavy (non-hydrogen) atoms. The topological polar surface area (TPSA) is 85.3 Å². The van der Waals surface area contributed by atoms with Crippen molar-refractivity contribution in [1.29, 1.82) is 0 Å². The molecule has 0 saturated carbocycles. The van der Waals surface area contributed by atoms with Gasteiger partial charge in [-0.25, -0.2) is 9.69 Å². The van der Waals surface area contributed by atoms with E-state index in [1.165, 1.54) is 25.3 Å². The van der Waals surface area contributed by atoms with E-state index in [2.05, 4.69) is 9.89 Å². The average molecular weight is 357 g/mol. The first kappa shape index (κ1) is 15.8. The summed E-state index contributed by atoms with van der Waals surface area (Å²) < 4.78 is 4.55. The van der Waals surface area contributed by atoms with Crippen molar-refractivity contribution in [2.45, 2.75) is 18.4 Å². The van der Waals surface area contributed by atoms with Gasteiger partial charge in [0.1, 0.15) is 0 Å². The van der Waals surface area contributed by atoms with Crippen LogP contribution in [-0.4, -0.2) is 36.2 Å². The van der Waals surface area contributed by atoms with Gasteiger partial charge in [0.15, 0.2) is 5.71 Å². The molecule has 2 amide bonds. The zero-order valence-electron chi connectivity index (χ0n) is 11.8. The Hall–Kier alpha value is -2.12. The highest BCUT2D eigenvalue weighted by Gasteiger charge is 2.58. The number of hydrogen-bond acceptors (Lipinski definition) is 6. The van der Waals surface area contributed by atoms with Crippen molar-refractivity contribution in [3.8, 4) is 0 Å². The van der Waals surface area contributed by atoms with Crippen molar-refractivity contribution in [3.05, 3.63) is 28.2 Å². The second-order valence-electron chi connectivity index (χ2n) is 5.10. The lowest BCUT2D eigenvalue weighted by molar-refractivity contribution is -0.136. The third-order valence-corrected chi connectivity index (χ3v) is 4.38. The van der Waals surface area contributed by atoms with Crippen LogP contribution in [0, 0.1) is 0 Å². The Morgan fingerprint density at radius 3 is 2.70 bits per heavy atom. The molecule has 0 bridgehead atoms. The van der Waals surface area contributed by atoms with Crippen molar-refractivity contribution in [1.82, 2.24) is 0 Å². The number of nitrogens with zero attached hydrogens (tertiary/aromatic N) is 2. The van der Waals surface area contributed by atoms with E-state index in [9.17, 15) is 14.4 Å². The SMILES string of the molecule is COC(=O)C1=NO[C@]2(CC(=O)N(c3ccc(Cl)c(Cl)c3)C2=O)C1. The van der Waals surface area contributed by atoms with Crippen LogP contribution in [0.1, 0.15) is 12.8 Å². The standard InChI is InChI=1S/C14H10Cl2N2O5/c1-22-12(20)10-5-14(23-17-10)6-11(19)18(13(14)21)7-2-3-8(15)9(16)4-7/h2-4H,5-6H2,1H3/t14-/m0/s1. The second-order valence-corrected chi connectivity index (χ2v) is 5.92. The molecule has 2 aliphatic rings. The molecule has 0 radical (unpaired) electrons. The van der Waals surface area contributed by atoms with Gasteiger partial charge in [-0.05, 0) is 18.2 Å². The minimum Gasteiger partial charge on any atom is -0.464 e. The molecule has 1 saturated heterocycles. The highest BCUT2D eigenvalue weighted by molar-refractivity contribution is 6.42. The second kappa shape index (κ2) is 5.50. The summed E-state index contributed by atoms with van der Waals surface area (Å²) in [5.74, 6) is -1.78. The van der Waals surface area contributed by atoms with Gasteiger partial charge in [-0.3, -0.25) is 9.59 Å². The van der Waals surface area contributed by atoms with E-state index < -0.39 is 23.4 Å². The highest BCUT2D eigenvalue weighted by atomic mass is 35.5. The van der Waals surface area contributed by atoms with Crippen LogP contribution in [0.25, 0.3) is 0 Å². The predicted molar refractivity (Wildman–Crippen MR) is 81.5 cm³/mol. The predicted octanol–water partition coefficient (Wildman–Crippen LogP) is 1.94. The number of methoxy groups -OCH3 is 1. The number of anilines is 1. The molecule has 7 nitrogen and oxygen atoms in total. The van der Waals surface area contributed by atoms with Crippen molar-refractivity contribution >= 4 is 52.4 Å². The number of halogens is 2. The first-order valence-electron chi connectivity index (χ1n) is 6.54. The number of imide groups is 1. The average Bonchev–Trinajstić information content (AvgIpc) is 3.04. The van der Waals surface area contributed by atoms with Crippen molar-refractivity contribution < 1.29 is 24.0 Å². The number of hydrogen-bond donors (Lipinski definition) is 0. The van der Waals surface area contributed by atoms with Crippen LogP contribution in [-0.2, 0) is 24.0 Å². The molecule has 1 atom stereocenters. The van der Waals surface area contributed by atoms with Crippen molar-refractivity contribution in [2.24, 2.45) is 5.16 Å². The molecule has 0 N–H and O–H groups in total. The van der Waals surface area contributed by atoms with Crippen LogP contribution in [0.3, 0.4) is 0 Å². The van der Waals surface area contributed by atoms with Crippen LogP contribution >= 0.6 is 23.2 Å². The van der Waals surface area contributed by atoms with Gasteiger partial charge in [0, 0.05) is 0 Å². The molecule has 2 heterocycles. The maximum atomic E-state index is 12.7. The number of ether oxygens (including phenoxy) is 1. The van der Waals surface area contributed by atoms with E-state index in [4.69, 9.17) is 28.0 Å². The van der Waals surface area contributed by atoms with Crippen LogP contribution < -0.4 is 4.90 Å². The number of carbonyl (C=O) groups excluding carboxylic acids is 3. The number of oxime groups is 1. The molecule has 9 heteroatoms. The van der Waals surface area contributed by atoms with Crippen LogP contribution in [0.15, 0.2) is 23.4 Å². The normalized spacial score (nSPS) is 23.3. The summed E-state index contributed by atoms with van der Waals surface area (Å²) >= 11 is 11.8. The monoisotopic (exact) mass is 356 g/mol. The zero-order valence-corrected chi connectivity index (χ0v) is 13.3. The molecule has 0 aromatic heterocycles. The fourth-order valence-electron chi connectivity index (χ4n) is 2.52. The Morgan fingerprint density at radius 2 is 2.04 bits per heavy atom. The van der Waals surface area contributed by atoms with Crippen molar-refractivity contribution in [3.63, 3.8) is 0 Å². The third-order valence-electron chi connectivity index (χ3n) is 3.65. The lowest BCUT2D eigenvalue weighted by Crippen LogP contribution is -2.41. The number of benzene rings is 1. The fraction of sp³-hybridized carbons (Fsp3) is 0.286.